The highest BCUT2D eigenvalue weighted by molar-refractivity contribution is 6.31. The summed E-state index contributed by atoms with van der Waals surface area (Å²) < 4.78 is 37.5. The third-order valence-corrected chi connectivity index (χ3v) is 6.77. The van der Waals surface area contributed by atoms with Gasteiger partial charge in [0.2, 0.25) is 0 Å². The van der Waals surface area contributed by atoms with Crippen molar-refractivity contribution in [3.05, 3.63) is 70.9 Å². The number of hydrogen-bond acceptors (Lipinski definition) is 7. The first-order valence-corrected chi connectivity index (χ1v) is 14.0. The number of rotatable bonds is 13. The Morgan fingerprint density at radius 3 is 2.59 bits per heavy atom. The molecule has 4 N–H and O–H groups in total. The fourth-order valence-electron chi connectivity index (χ4n) is 3.99. The lowest BCUT2D eigenvalue weighted by Crippen LogP contribution is -2.46. The number of carbonyl (C=O) groups excluding carboxylic acids is 4. The van der Waals surface area contributed by atoms with E-state index < -0.39 is 41.8 Å². The Morgan fingerprint density at radius 1 is 1.02 bits per heavy atom. The molecule has 0 aliphatic rings. The molecule has 0 radical (unpaired) electrons. The molecule has 236 valence electrons. The van der Waals surface area contributed by atoms with Crippen LogP contribution < -0.4 is 21.3 Å². The fraction of sp³-hybridized carbons (Fsp3) is 0.345. The third kappa shape index (κ3) is 10.5. The van der Waals surface area contributed by atoms with Crippen molar-refractivity contribution < 1.29 is 37.4 Å². The van der Waals surface area contributed by atoms with Gasteiger partial charge in [-0.05, 0) is 61.0 Å². The Labute approximate surface area is 257 Å². The molecule has 0 saturated heterocycles. The van der Waals surface area contributed by atoms with Gasteiger partial charge in [0, 0.05) is 31.7 Å². The van der Waals surface area contributed by atoms with Crippen LogP contribution in [0.4, 0.5) is 29.0 Å². The molecule has 1 atom stereocenters. The SMILES string of the molecule is CCOC(=O)CNC(=O)NCCC[C@@H](COC(=O)Nc1cc2cc(F)ccc2cn1)N(C)C(=O)NCc1cccc(F)c1Cl. The number of likely N-dealkylation sites (N-methyl/N-ethyl adjacent to an activating group) is 1. The Balaban J connectivity index is 1.58. The van der Waals surface area contributed by atoms with E-state index in [0.29, 0.717) is 29.2 Å². The monoisotopic (exact) mass is 634 g/mol. The number of urea groups is 2. The summed E-state index contributed by atoms with van der Waals surface area (Å²) in [6.45, 7) is 1.46. The van der Waals surface area contributed by atoms with Crippen molar-refractivity contribution in [3.8, 4) is 0 Å². The highest BCUT2D eigenvalue weighted by Crippen LogP contribution is 2.20. The molecule has 1 aromatic heterocycles. The molecule has 0 saturated carbocycles. The molecule has 0 fully saturated rings. The predicted octanol–water partition coefficient (Wildman–Crippen LogP) is 4.57. The molecule has 3 aromatic rings. The lowest BCUT2D eigenvalue weighted by molar-refractivity contribution is -0.141. The molecule has 2 aromatic carbocycles. The van der Waals surface area contributed by atoms with Crippen LogP contribution in [0.2, 0.25) is 5.02 Å². The standard InChI is InChI=1S/C29H33ClF2N6O6/c1-3-43-25(39)16-35-27(40)33-11-5-7-22(38(2)28(41)36-15-19-6-4-8-23(32)26(19)30)17-44-29(42)37-24-13-20-12-21(31)10-9-18(20)14-34-24/h4,6,8-10,12-14,22H,3,5,7,11,15-17H2,1-2H3,(H,36,41)(H2,33,35,40)(H,34,37,42)/t22-/m0/s1. The van der Waals surface area contributed by atoms with Gasteiger partial charge in [0.15, 0.2) is 0 Å². The lowest BCUT2D eigenvalue weighted by Gasteiger charge is -2.28. The van der Waals surface area contributed by atoms with Crippen molar-refractivity contribution in [2.24, 2.45) is 0 Å². The van der Waals surface area contributed by atoms with Crippen LogP contribution in [0, 0.1) is 11.6 Å². The van der Waals surface area contributed by atoms with Crippen molar-refractivity contribution >= 4 is 52.3 Å². The number of nitrogens with zero attached hydrogens (tertiary/aromatic N) is 2. The minimum absolute atomic E-state index is 0.0513. The highest BCUT2D eigenvalue weighted by Gasteiger charge is 2.22. The van der Waals surface area contributed by atoms with E-state index in [1.54, 1.807) is 19.1 Å². The molecule has 3 rings (SSSR count). The molecule has 0 unspecified atom stereocenters. The van der Waals surface area contributed by atoms with E-state index in [1.165, 1.54) is 48.5 Å². The minimum Gasteiger partial charge on any atom is -0.465 e. The number of benzene rings is 2. The van der Waals surface area contributed by atoms with Crippen molar-refractivity contribution in [2.45, 2.75) is 32.4 Å². The summed E-state index contributed by atoms with van der Waals surface area (Å²) in [7, 11) is 1.49. The summed E-state index contributed by atoms with van der Waals surface area (Å²) in [6, 6.07) is 8.14. The largest absolute Gasteiger partial charge is 0.465 e. The minimum atomic E-state index is -0.852. The Bertz CT molecular complexity index is 1480. The molecule has 44 heavy (non-hydrogen) atoms. The van der Waals surface area contributed by atoms with Crippen LogP contribution in [0.15, 0.2) is 48.7 Å². The maximum atomic E-state index is 13.8. The molecule has 0 spiro atoms. The first kappa shape index (κ1) is 33.8. The van der Waals surface area contributed by atoms with Crippen molar-refractivity contribution in [2.75, 3.05) is 38.7 Å². The zero-order valence-electron chi connectivity index (χ0n) is 24.1. The zero-order chi connectivity index (χ0) is 32.1. The second kappa shape index (κ2) is 16.8. The average molecular weight is 635 g/mol. The number of esters is 1. The zero-order valence-corrected chi connectivity index (χ0v) is 24.9. The number of aromatic nitrogens is 1. The van der Waals surface area contributed by atoms with E-state index in [0.717, 1.165) is 0 Å². The number of hydrogen-bond donors (Lipinski definition) is 4. The summed E-state index contributed by atoms with van der Waals surface area (Å²) >= 11 is 5.98. The van der Waals surface area contributed by atoms with E-state index in [-0.39, 0.29) is 43.7 Å². The quantitative estimate of drug-likeness (QED) is 0.159. The van der Waals surface area contributed by atoms with E-state index in [9.17, 15) is 28.0 Å². The predicted molar refractivity (Wildman–Crippen MR) is 159 cm³/mol. The number of fused-ring (bicyclic) bond motifs is 1. The Morgan fingerprint density at radius 2 is 1.82 bits per heavy atom. The average Bonchev–Trinajstić information content (AvgIpc) is 2.99. The van der Waals surface area contributed by atoms with Crippen LogP contribution in [0.25, 0.3) is 10.8 Å². The summed E-state index contributed by atoms with van der Waals surface area (Å²) in [5.74, 6) is -1.49. The number of pyridine rings is 1. The van der Waals surface area contributed by atoms with Crippen molar-refractivity contribution in [3.63, 3.8) is 0 Å². The Hall–Kier alpha value is -4.72. The van der Waals surface area contributed by atoms with Gasteiger partial charge in [0.25, 0.3) is 0 Å². The molecule has 1 heterocycles. The number of ether oxygens (including phenoxy) is 2. The van der Waals surface area contributed by atoms with Gasteiger partial charge in [-0.1, -0.05) is 23.7 Å². The molecular weight excluding hydrogens is 602 g/mol. The normalized spacial score (nSPS) is 11.3. The molecule has 5 amide bonds. The molecule has 12 nitrogen and oxygen atoms in total. The maximum absolute atomic E-state index is 13.8. The maximum Gasteiger partial charge on any atom is 0.412 e. The number of nitrogens with one attached hydrogen (secondary N) is 4. The number of amides is 5. The summed E-state index contributed by atoms with van der Waals surface area (Å²) in [5, 5.41) is 11.2. The molecular formula is C29H33ClF2N6O6. The van der Waals surface area contributed by atoms with Crippen LogP contribution in [-0.2, 0) is 20.8 Å². The highest BCUT2D eigenvalue weighted by atomic mass is 35.5. The van der Waals surface area contributed by atoms with Crippen LogP contribution in [-0.4, -0.2) is 73.4 Å². The third-order valence-electron chi connectivity index (χ3n) is 6.35. The van der Waals surface area contributed by atoms with Crippen LogP contribution in [0.1, 0.15) is 25.3 Å². The van der Waals surface area contributed by atoms with Crippen LogP contribution >= 0.6 is 11.6 Å². The van der Waals surface area contributed by atoms with E-state index in [4.69, 9.17) is 21.1 Å². The molecule has 0 aliphatic heterocycles. The Kier molecular flexibility index (Phi) is 12.9. The summed E-state index contributed by atoms with van der Waals surface area (Å²) in [5.41, 5.74) is 0.376. The van der Waals surface area contributed by atoms with Gasteiger partial charge in [-0.25, -0.2) is 28.1 Å². The second-order valence-electron chi connectivity index (χ2n) is 9.48. The van der Waals surface area contributed by atoms with E-state index >= 15 is 0 Å². The van der Waals surface area contributed by atoms with Gasteiger partial charge in [-0.3, -0.25) is 10.1 Å². The van der Waals surface area contributed by atoms with Crippen molar-refractivity contribution in [1.82, 2.24) is 25.8 Å². The molecule has 0 aliphatic carbocycles. The van der Waals surface area contributed by atoms with E-state index in [1.807, 2.05) is 0 Å². The van der Waals surface area contributed by atoms with Gasteiger partial charge < -0.3 is 30.3 Å². The number of anilines is 1. The summed E-state index contributed by atoms with van der Waals surface area (Å²) in [6.07, 6.45) is 1.29. The van der Waals surface area contributed by atoms with Gasteiger partial charge in [-0.15, -0.1) is 0 Å². The smallest absolute Gasteiger partial charge is 0.412 e. The molecule has 0 bridgehead atoms. The lowest BCUT2D eigenvalue weighted by atomic mass is 10.1. The van der Waals surface area contributed by atoms with Gasteiger partial charge in [0.1, 0.15) is 30.6 Å². The molecule has 15 heteroatoms. The first-order chi connectivity index (χ1) is 21.1. The topological polar surface area (TPSA) is 151 Å². The van der Waals surface area contributed by atoms with Gasteiger partial charge in [-0.2, -0.15) is 0 Å². The summed E-state index contributed by atoms with van der Waals surface area (Å²) in [4.78, 5) is 54.3. The van der Waals surface area contributed by atoms with Crippen LogP contribution in [0.3, 0.4) is 0 Å². The fourth-order valence-corrected chi connectivity index (χ4v) is 4.19. The second-order valence-corrected chi connectivity index (χ2v) is 9.86. The van der Waals surface area contributed by atoms with Crippen molar-refractivity contribution in [1.29, 1.82) is 0 Å². The van der Waals surface area contributed by atoms with Gasteiger partial charge in [0.05, 0.1) is 17.7 Å². The number of carbonyl (C=O) groups is 4. The first-order valence-electron chi connectivity index (χ1n) is 13.7. The van der Waals surface area contributed by atoms with Crippen LogP contribution in [0.5, 0.6) is 0 Å². The number of halogens is 3. The van der Waals surface area contributed by atoms with E-state index in [2.05, 4.69) is 26.3 Å². The van der Waals surface area contributed by atoms with Gasteiger partial charge >= 0.3 is 24.1 Å².